The first kappa shape index (κ1) is 17.4. The SMILES string of the molecule is CN1CCC(n2nccc2NC(=O)CC2C(=O)N(C)C(=O)N2C)CC1. The van der Waals surface area contributed by atoms with Gasteiger partial charge in [-0.25, -0.2) is 9.48 Å². The number of imide groups is 1. The van der Waals surface area contributed by atoms with Gasteiger partial charge in [-0.05, 0) is 33.0 Å². The summed E-state index contributed by atoms with van der Waals surface area (Å²) in [4.78, 5) is 40.9. The van der Waals surface area contributed by atoms with E-state index < -0.39 is 6.04 Å². The highest BCUT2D eigenvalue weighted by Crippen LogP contribution is 2.25. The molecule has 4 amide bonds. The van der Waals surface area contributed by atoms with Gasteiger partial charge >= 0.3 is 6.03 Å². The summed E-state index contributed by atoms with van der Waals surface area (Å²) in [6.45, 7) is 1.99. The maximum absolute atomic E-state index is 12.4. The number of nitrogens with one attached hydrogen (secondary N) is 1. The highest BCUT2D eigenvalue weighted by atomic mass is 16.2. The van der Waals surface area contributed by atoms with Crippen LogP contribution in [0.2, 0.25) is 0 Å². The monoisotopic (exact) mass is 348 g/mol. The largest absolute Gasteiger partial charge is 0.326 e. The van der Waals surface area contributed by atoms with Crippen molar-refractivity contribution in [1.29, 1.82) is 0 Å². The zero-order chi connectivity index (χ0) is 18.1. The number of hydrogen-bond donors (Lipinski definition) is 1. The van der Waals surface area contributed by atoms with Crippen molar-refractivity contribution in [1.82, 2.24) is 24.5 Å². The van der Waals surface area contributed by atoms with Crippen molar-refractivity contribution in [3.05, 3.63) is 12.3 Å². The van der Waals surface area contributed by atoms with Gasteiger partial charge in [0.25, 0.3) is 5.91 Å². The molecule has 1 aromatic heterocycles. The molecule has 1 atom stereocenters. The standard InChI is InChI=1S/C16H24N6O3/c1-19-8-5-11(6-9-19)22-13(4-7-17-22)18-14(23)10-12-15(24)21(3)16(25)20(12)2/h4,7,11-12H,5-6,8-10H2,1-3H3,(H,18,23). The van der Waals surface area contributed by atoms with Gasteiger partial charge in [-0.1, -0.05) is 0 Å². The second-order valence-corrected chi connectivity index (χ2v) is 6.75. The molecule has 2 aliphatic heterocycles. The van der Waals surface area contributed by atoms with Crippen LogP contribution in [0.25, 0.3) is 0 Å². The molecule has 1 aromatic rings. The minimum Gasteiger partial charge on any atom is -0.315 e. The van der Waals surface area contributed by atoms with Crippen LogP contribution in [0.5, 0.6) is 0 Å². The molecular formula is C16H24N6O3. The maximum Gasteiger partial charge on any atom is 0.326 e. The zero-order valence-corrected chi connectivity index (χ0v) is 14.8. The number of likely N-dealkylation sites (tertiary alicyclic amines) is 1. The van der Waals surface area contributed by atoms with Crippen molar-refractivity contribution in [3.8, 4) is 0 Å². The van der Waals surface area contributed by atoms with E-state index in [0.717, 1.165) is 30.8 Å². The Kier molecular flexibility index (Phi) is 4.76. The Hall–Kier alpha value is -2.42. The van der Waals surface area contributed by atoms with Crippen LogP contribution in [-0.4, -0.2) is 82.6 Å². The Morgan fingerprint density at radius 1 is 1.24 bits per heavy atom. The number of urea groups is 1. The van der Waals surface area contributed by atoms with E-state index in [9.17, 15) is 14.4 Å². The highest BCUT2D eigenvalue weighted by molar-refractivity contribution is 6.06. The fourth-order valence-corrected chi connectivity index (χ4v) is 3.39. The van der Waals surface area contributed by atoms with Gasteiger partial charge in [0.15, 0.2) is 0 Å². The second kappa shape index (κ2) is 6.83. The lowest BCUT2D eigenvalue weighted by atomic mass is 10.1. The summed E-state index contributed by atoms with van der Waals surface area (Å²) in [5, 5.41) is 7.18. The predicted molar refractivity (Wildman–Crippen MR) is 91.0 cm³/mol. The van der Waals surface area contributed by atoms with Crippen LogP contribution < -0.4 is 5.32 Å². The predicted octanol–water partition coefficient (Wildman–Crippen LogP) is 0.371. The third kappa shape index (κ3) is 3.37. The van der Waals surface area contributed by atoms with Gasteiger partial charge in [-0.2, -0.15) is 5.10 Å². The third-order valence-corrected chi connectivity index (χ3v) is 5.02. The van der Waals surface area contributed by atoms with E-state index in [0.29, 0.717) is 5.82 Å². The van der Waals surface area contributed by atoms with Gasteiger partial charge in [0, 0.05) is 20.2 Å². The van der Waals surface area contributed by atoms with Crippen LogP contribution in [-0.2, 0) is 9.59 Å². The summed E-state index contributed by atoms with van der Waals surface area (Å²) in [5.74, 6) is -0.0261. The lowest BCUT2D eigenvalue weighted by molar-refractivity contribution is -0.129. The molecule has 2 fully saturated rings. The van der Waals surface area contributed by atoms with E-state index in [4.69, 9.17) is 0 Å². The summed E-state index contributed by atoms with van der Waals surface area (Å²) in [6.07, 6.45) is 3.55. The van der Waals surface area contributed by atoms with Crippen molar-refractivity contribution in [2.75, 3.05) is 39.5 Å². The molecule has 2 aliphatic rings. The number of rotatable bonds is 4. The number of nitrogens with zero attached hydrogens (tertiary/aromatic N) is 5. The molecule has 1 N–H and O–H groups in total. The van der Waals surface area contributed by atoms with E-state index in [1.807, 2.05) is 4.68 Å². The molecule has 0 saturated carbocycles. The minimum atomic E-state index is -0.753. The number of carbonyl (C=O) groups excluding carboxylic acids is 3. The molecule has 136 valence electrons. The zero-order valence-electron chi connectivity index (χ0n) is 14.8. The van der Waals surface area contributed by atoms with Gasteiger partial charge in [-0.3, -0.25) is 14.5 Å². The molecule has 2 saturated heterocycles. The number of carbonyl (C=O) groups is 3. The summed E-state index contributed by atoms with van der Waals surface area (Å²) < 4.78 is 1.85. The summed E-state index contributed by atoms with van der Waals surface area (Å²) in [7, 11) is 5.05. The first-order valence-electron chi connectivity index (χ1n) is 8.44. The average Bonchev–Trinajstić information content (AvgIpc) is 3.11. The minimum absolute atomic E-state index is 0.0655. The van der Waals surface area contributed by atoms with Crippen LogP contribution in [0.3, 0.4) is 0 Å². The Balaban J connectivity index is 1.64. The van der Waals surface area contributed by atoms with Crippen molar-refractivity contribution < 1.29 is 14.4 Å². The number of aromatic nitrogens is 2. The lowest BCUT2D eigenvalue weighted by Crippen LogP contribution is -2.36. The summed E-state index contributed by atoms with van der Waals surface area (Å²) in [5.41, 5.74) is 0. The molecule has 0 spiro atoms. The van der Waals surface area contributed by atoms with Gasteiger partial charge < -0.3 is 15.1 Å². The van der Waals surface area contributed by atoms with Crippen LogP contribution in [0, 0.1) is 0 Å². The van der Waals surface area contributed by atoms with Gasteiger partial charge in [0.2, 0.25) is 5.91 Å². The molecule has 9 heteroatoms. The molecule has 25 heavy (non-hydrogen) atoms. The fourth-order valence-electron chi connectivity index (χ4n) is 3.39. The number of likely N-dealkylation sites (N-methyl/N-ethyl adjacent to an activating group) is 2. The molecule has 3 heterocycles. The molecule has 0 aromatic carbocycles. The van der Waals surface area contributed by atoms with E-state index in [1.54, 1.807) is 12.3 Å². The first-order valence-corrected chi connectivity index (χ1v) is 8.44. The molecule has 9 nitrogen and oxygen atoms in total. The van der Waals surface area contributed by atoms with Crippen molar-refractivity contribution >= 4 is 23.7 Å². The molecule has 0 radical (unpaired) electrons. The number of anilines is 1. The third-order valence-electron chi connectivity index (χ3n) is 5.02. The first-order chi connectivity index (χ1) is 11.9. The van der Waals surface area contributed by atoms with Crippen LogP contribution in [0.1, 0.15) is 25.3 Å². The van der Waals surface area contributed by atoms with Crippen LogP contribution in [0.15, 0.2) is 12.3 Å². The molecule has 0 bridgehead atoms. The Morgan fingerprint density at radius 3 is 2.52 bits per heavy atom. The fraction of sp³-hybridized carbons (Fsp3) is 0.625. The van der Waals surface area contributed by atoms with Crippen molar-refractivity contribution in [3.63, 3.8) is 0 Å². The van der Waals surface area contributed by atoms with Crippen molar-refractivity contribution in [2.24, 2.45) is 0 Å². The van der Waals surface area contributed by atoms with Crippen LogP contribution >= 0.6 is 0 Å². The average molecular weight is 348 g/mol. The quantitative estimate of drug-likeness (QED) is 0.794. The topological polar surface area (TPSA) is 90.8 Å². The van der Waals surface area contributed by atoms with Crippen molar-refractivity contribution in [2.45, 2.75) is 31.3 Å². The Morgan fingerprint density at radius 2 is 1.92 bits per heavy atom. The maximum atomic E-state index is 12.4. The van der Waals surface area contributed by atoms with Crippen LogP contribution in [0.4, 0.5) is 10.6 Å². The molecule has 1 unspecified atom stereocenters. The Bertz CT molecular complexity index is 679. The number of piperidine rings is 1. The van der Waals surface area contributed by atoms with Gasteiger partial charge in [0.1, 0.15) is 11.9 Å². The smallest absolute Gasteiger partial charge is 0.315 e. The van der Waals surface area contributed by atoms with E-state index in [-0.39, 0.29) is 30.3 Å². The normalized spacial score (nSPS) is 22.8. The van der Waals surface area contributed by atoms with E-state index in [1.165, 1.54) is 19.0 Å². The lowest BCUT2D eigenvalue weighted by Gasteiger charge is -2.30. The van der Waals surface area contributed by atoms with E-state index in [2.05, 4.69) is 22.4 Å². The van der Waals surface area contributed by atoms with Gasteiger partial charge in [-0.15, -0.1) is 0 Å². The highest BCUT2D eigenvalue weighted by Gasteiger charge is 2.41. The summed E-state index contributed by atoms with van der Waals surface area (Å²) >= 11 is 0. The number of hydrogen-bond acceptors (Lipinski definition) is 5. The second-order valence-electron chi connectivity index (χ2n) is 6.75. The summed E-state index contributed by atoms with van der Waals surface area (Å²) in [6, 6.07) is 0.870. The number of amides is 4. The molecule has 3 rings (SSSR count). The Labute approximate surface area is 146 Å². The molecular weight excluding hydrogens is 324 g/mol. The van der Waals surface area contributed by atoms with E-state index >= 15 is 0 Å². The van der Waals surface area contributed by atoms with Gasteiger partial charge in [0.05, 0.1) is 18.7 Å². The molecule has 0 aliphatic carbocycles.